The summed E-state index contributed by atoms with van der Waals surface area (Å²) in [5.74, 6) is 2.22. The normalized spacial score (nSPS) is 38.6. The molecule has 1 heterocycles. The maximum atomic E-state index is 6.33. The Labute approximate surface area is 155 Å². The van der Waals surface area contributed by atoms with Crippen LogP contribution in [-0.2, 0) is 9.47 Å². The first-order chi connectivity index (χ1) is 12.1. The Morgan fingerprint density at radius 3 is 2.24 bits per heavy atom. The molecule has 0 aromatic rings. The van der Waals surface area contributed by atoms with E-state index >= 15 is 0 Å². The third-order valence-corrected chi connectivity index (χ3v) is 6.47. The van der Waals surface area contributed by atoms with Crippen molar-refractivity contribution in [3.8, 4) is 0 Å². The lowest BCUT2D eigenvalue weighted by Crippen LogP contribution is -2.22. The third kappa shape index (κ3) is 5.44. The highest BCUT2D eigenvalue weighted by Gasteiger charge is 2.38. The zero-order valence-electron chi connectivity index (χ0n) is 16.6. The van der Waals surface area contributed by atoms with Crippen molar-refractivity contribution in [1.82, 2.24) is 0 Å². The van der Waals surface area contributed by atoms with Crippen LogP contribution in [0.2, 0.25) is 0 Å². The van der Waals surface area contributed by atoms with E-state index in [0.717, 1.165) is 43.9 Å². The molecule has 0 aromatic heterocycles. The standard InChI is InChI=1S/C23H38O2/c1-17(2)20-12-8-10-19(11-9-13-20)16-18(3)23-24-21-14-6-4-5-7-15-22(21)25-23/h4-5,10,17-18,20-23H,6-9,11-16H2,1-3H3/b5-4+,19-10-. The van der Waals surface area contributed by atoms with Crippen molar-refractivity contribution >= 4 is 0 Å². The van der Waals surface area contributed by atoms with E-state index in [4.69, 9.17) is 9.47 Å². The second-order valence-electron chi connectivity index (χ2n) is 8.86. The van der Waals surface area contributed by atoms with Crippen molar-refractivity contribution in [2.24, 2.45) is 17.8 Å². The molecule has 0 spiro atoms. The van der Waals surface area contributed by atoms with E-state index in [1.54, 1.807) is 5.57 Å². The fourth-order valence-corrected chi connectivity index (χ4v) is 4.79. The first-order valence-corrected chi connectivity index (χ1v) is 10.8. The van der Waals surface area contributed by atoms with Crippen molar-refractivity contribution in [2.45, 2.75) is 103 Å². The van der Waals surface area contributed by atoms with Gasteiger partial charge in [-0.15, -0.1) is 0 Å². The Kier molecular flexibility index (Phi) is 7.18. The largest absolute Gasteiger partial charge is 0.346 e. The van der Waals surface area contributed by atoms with Crippen LogP contribution < -0.4 is 0 Å². The SMILES string of the molecule is CC(C)C1CC/C=C(\CC(C)C2OC3CC/C=C/CCC3O2)CCC1. The van der Waals surface area contributed by atoms with E-state index in [2.05, 4.69) is 39.0 Å². The number of fused-ring (bicyclic) bond motifs is 1. The Balaban J connectivity index is 1.50. The molecule has 2 aliphatic carbocycles. The molecule has 1 aliphatic heterocycles. The third-order valence-electron chi connectivity index (χ3n) is 6.47. The van der Waals surface area contributed by atoms with E-state index in [0.29, 0.717) is 18.1 Å². The summed E-state index contributed by atoms with van der Waals surface area (Å²) in [5, 5.41) is 0. The van der Waals surface area contributed by atoms with Gasteiger partial charge in [0.25, 0.3) is 0 Å². The molecule has 4 atom stereocenters. The van der Waals surface area contributed by atoms with Crippen molar-refractivity contribution in [3.05, 3.63) is 23.8 Å². The molecule has 3 aliphatic rings. The second-order valence-corrected chi connectivity index (χ2v) is 8.86. The Morgan fingerprint density at radius 1 is 0.920 bits per heavy atom. The van der Waals surface area contributed by atoms with Crippen LogP contribution in [0.25, 0.3) is 0 Å². The zero-order chi connectivity index (χ0) is 17.6. The van der Waals surface area contributed by atoms with Crippen LogP contribution in [0.15, 0.2) is 23.8 Å². The molecule has 0 saturated carbocycles. The first kappa shape index (κ1) is 19.2. The summed E-state index contributed by atoms with van der Waals surface area (Å²) in [6.07, 6.45) is 20.1. The molecule has 142 valence electrons. The van der Waals surface area contributed by atoms with Gasteiger partial charge in [-0.1, -0.05) is 44.6 Å². The van der Waals surface area contributed by atoms with Gasteiger partial charge < -0.3 is 9.47 Å². The average Bonchev–Trinajstić information content (AvgIpc) is 2.91. The van der Waals surface area contributed by atoms with Gasteiger partial charge in [0.05, 0.1) is 12.2 Å². The summed E-state index contributed by atoms with van der Waals surface area (Å²) >= 11 is 0. The van der Waals surface area contributed by atoms with Crippen LogP contribution >= 0.6 is 0 Å². The van der Waals surface area contributed by atoms with Crippen LogP contribution in [0, 0.1) is 17.8 Å². The topological polar surface area (TPSA) is 18.5 Å². The first-order valence-electron chi connectivity index (χ1n) is 10.8. The van der Waals surface area contributed by atoms with Gasteiger partial charge in [-0.05, 0) is 76.0 Å². The van der Waals surface area contributed by atoms with Gasteiger partial charge in [-0.25, -0.2) is 0 Å². The molecule has 1 saturated heterocycles. The van der Waals surface area contributed by atoms with Crippen LogP contribution in [0.1, 0.15) is 85.0 Å². The average molecular weight is 347 g/mol. The minimum absolute atomic E-state index is 0.00264. The summed E-state index contributed by atoms with van der Waals surface area (Å²) in [6.45, 7) is 7.08. The second kappa shape index (κ2) is 9.37. The van der Waals surface area contributed by atoms with Crippen molar-refractivity contribution in [1.29, 1.82) is 0 Å². The van der Waals surface area contributed by atoms with Crippen molar-refractivity contribution in [2.75, 3.05) is 0 Å². The molecule has 2 heteroatoms. The highest BCUT2D eigenvalue weighted by atomic mass is 16.7. The summed E-state index contributed by atoms with van der Waals surface area (Å²) in [6, 6.07) is 0. The van der Waals surface area contributed by atoms with E-state index in [1.165, 1.54) is 32.1 Å². The highest BCUT2D eigenvalue weighted by Crippen LogP contribution is 2.35. The Morgan fingerprint density at radius 2 is 1.60 bits per heavy atom. The summed E-state index contributed by atoms with van der Waals surface area (Å²) in [5.41, 5.74) is 1.65. The van der Waals surface area contributed by atoms with Gasteiger partial charge in [-0.3, -0.25) is 0 Å². The molecule has 1 fully saturated rings. The summed E-state index contributed by atoms with van der Waals surface area (Å²) in [7, 11) is 0. The van der Waals surface area contributed by atoms with E-state index < -0.39 is 0 Å². The maximum absolute atomic E-state index is 6.33. The van der Waals surface area contributed by atoms with Crippen molar-refractivity contribution < 1.29 is 9.47 Å². The number of rotatable bonds is 4. The van der Waals surface area contributed by atoms with Gasteiger partial charge in [0.15, 0.2) is 6.29 Å². The number of hydrogen-bond donors (Lipinski definition) is 0. The van der Waals surface area contributed by atoms with Gasteiger partial charge in [0.2, 0.25) is 0 Å². The van der Waals surface area contributed by atoms with E-state index in [9.17, 15) is 0 Å². The Bertz CT molecular complexity index is 447. The minimum Gasteiger partial charge on any atom is -0.346 e. The smallest absolute Gasteiger partial charge is 0.161 e. The van der Waals surface area contributed by atoms with E-state index in [-0.39, 0.29) is 6.29 Å². The molecule has 2 nitrogen and oxygen atoms in total. The quantitative estimate of drug-likeness (QED) is 0.547. The lowest BCUT2D eigenvalue weighted by Gasteiger charge is -2.25. The van der Waals surface area contributed by atoms with Gasteiger partial charge in [0, 0.05) is 5.92 Å². The number of ether oxygens (including phenoxy) is 2. The molecule has 4 unspecified atom stereocenters. The van der Waals surface area contributed by atoms with Crippen LogP contribution in [0.3, 0.4) is 0 Å². The molecule has 0 bridgehead atoms. The lowest BCUT2D eigenvalue weighted by atomic mass is 9.83. The van der Waals surface area contributed by atoms with E-state index in [1.807, 2.05) is 0 Å². The highest BCUT2D eigenvalue weighted by molar-refractivity contribution is 5.05. The minimum atomic E-state index is 0.00264. The number of hydrogen-bond acceptors (Lipinski definition) is 2. The van der Waals surface area contributed by atoms with Gasteiger partial charge in [-0.2, -0.15) is 0 Å². The predicted molar refractivity (Wildman–Crippen MR) is 104 cm³/mol. The molecule has 0 aromatic carbocycles. The monoisotopic (exact) mass is 346 g/mol. The lowest BCUT2D eigenvalue weighted by molar-refractivity contribution is -0.100. The number of allylic oxidation sites excluding steroid dienone is 4. The van der Waals surface area contributed by atoms with Crippen LogP contribution in [0.5, 0.6) is 0 Å². The van der Waals surface area contributed by atoms with Gasteiger partial charge >= 0.3 is 0 Å². The van der Waals surface area contributed by atoms with Gasteiger partial charge in [0.1, 0.15) is 0 Å². The predicted octanol–water partition coefficient (Wildman–Crippen LogP) is 6.42. The summed E-state index contributed by atoms with van der Waals surface area (Å²) in [4.78, 5) is 0. The molecular formula is C23H38O2. The molecule has 0 N–H and O–H groups in total. The molecule has 25 heavy (non-hydrogen) atoms. The molecular weight excluding hydrogens is 308 g/mol. The molecule has 0 amide bonds. The van der Waals surface area contributed by atoms with Crippen LogP contribution in [-0.4, -0.2) is 18.5 Å². The Hall–Kier alpha value is -0.600. The van der Waals surface area contributed by atoms with Crippen LogP contribution in [0.4, 0.5) is 0 Å². The zero-order valence-corrected chi connectivity index (χ0v) is 16.6. The van der Waals surface area contributed by atoms with Crippen molar-refractivity contribution in [3.63, 3.8) is 0 Å². The fourth-order valence-electron chi connectivity index (χ4n) is 4.79. The molecule has 0 radical (unpaired) electrons. The molecule has 3 rings (SSSR count). The fraction of sp³-hybridized carbons (Fsp3) is 0.826. The summed E-state index contributed by atoms with van der Waals surface area (Å²) < 4.78 is 12.7. The maximum Gasteiger partial charge on any atom is 0.161 e.